The lowest BCUT2D eigenvalue weighted by Gasteiger charge is -2.13. The minimum atomic E-state index is -0.504. The van der Waals surface area contributed by atoms with Crippen LogP contribution in [0.25, 0.3) is 10.9 Å². The highest BCUT2D eigenvalue weighted by molar-refractivity contribution is 6.31. The summed E-state index contributed by atoms with van der Waals surface area (Å²) in [7, 11) is 0. The first-order valence-corrected chi connectivity index (χ1v) is 8.73. The zero-order chi connectivity index (χ0) is 18.3. The van der Waals surface area contributed by atoms with Gasteiger partial charge < -0.3 is 11.1 Å². The number of pyridine rings is 1. The summed E-state index contributed by atoms with van der Waals surface area (Å²) in [6.07, 6.45) is 2.69. The smallest absolute Gasteiger partial charge is 0.256 e. The highest BCUT2D eigenvalue weighted by Crippen LogP contribution is 2.32. The molecule has 0 bridgehead atoms. The number of fused-ring (bicyclic) bond motifs is 2. The molecule has 0 atom stereocenters. The van der Waals surface area contributed by atoms with Crippen LogP contribution in [0.1, 0.15) is 38.4 Å². The third kappa shape index (κ3) is 2.91. The summed E-state index contributed by atoms with van der Waals surface area (Å²) in [5.41, 5.74) is 9.61. The lowest BCUT2D eigenvalue weighted by molar-refractivity contribution is 0.0998. The Hall–Kier alpha value is -2.92. The number of carbonyl (C=O) groups is 2. The van der Waals surface area contributed by atoms with E-state index >= 15 is 0 Å². The van der Waals surface area contributed by atoms with E-state index in [0.717, 1.165) is 41.4 Å². The van der Waals surface area contributed by atoms with Gasteiger partial charge in [0, 0.05) is 27.4 Å². The van der Waals surface area contributed by atoms with Gasteiger partial charge in [0.15, 0.2) is 0 Å². The minimum absolute atomic E-state index is 0.204. The molecule has 3 aromatic rings. The lowest BCUT2D eigenvalue weighted by Crippen LogP contribution is -2.16. The van der Waals surface area contributed by atoms with E-state index in [-0.39, 0.29) is 5.91 Å². The van der Waals surface area contributed by atoms with Gasteiger partial charge in [-0.15, -0.1) is 0 Å². The van der Waals surface area contributed by atoms with Crippen molar-refractivity contribution in [1.82, 2.24) is 4.98 Å². The van der Waals surface area contributed by atoms with Gasteiger partial charge in [0.25, 0.3) is 5.91 Å². The number of aryl methyl sites for hydroxylation is 1. The predicted octanol–water partition coefficient (Wildman–Crippen LogP) is 3.73. The van der Waals surface area contributed by atoms with Crippen LogP contribution in [-0.2, 0) is 12.8 Å². The fraction of sp³-hybridized carbons (Fsp3) is 0.150. The SMILES string of the molecule is NC(=O)c1ccc(NC(=O)c2c3c(nc4ccc(Cl)cc24)CCC3)cc1. The van der Waals surface area contributed by atoms with Crippen molar-refractivity contribution in [3.05, 3.63) is 69.9 Å². The Morgan fingerprint density at radius 2 is 1.85 bits per heavy atom. The Morgan fingerprint density at radius 1 is 1.08 bits per heavy atom. The summed E-state index contributed by atoms with van der Waals surface area (Å²) in [6, 6.07) is 11.9. The Bertz CT molecular complexity index is 1050. The van der Waals surface area contributed by atoms with Crippen molar-refractivity contribution in [2.45, 2.75) is 19.3 Å². The zero-order valence-corrected chi connectivity index (χ0v) is 14.6. The van der Waals surface area contributed by atoms with Crippen LogP contribution in [0, 0.1) is 0 Å². The van der Waals surface area contributed by atoms with Crippen LogP contribution in [-0.4, -0.2) is 16.8 Å². The number of nitrogens with two attached hydrogens (primary N) is 1. The van der Waals surface area contributed by atoms with Crippen LogP contribution in [0.15, 0.2) is 42.5 Å². The molecule has 5 nitrogen and oxygen atoms in total. The Labute approximate surface area is 155 Å². The van der Waals surface area contributed by atoms with Crippen LogP contribution in [0.3, 0.4) is 0 Å². The van der Waals surface area contributed by atoms with E-state index < -0.39 is 5.91 Å². The van der Waals surface area contributed by atoms with Gasteiger partial charge in [-0.05, 0) is 67.3 Å². The fourth-order valence-electron chi connectivity index (χ4n) is 3.41. The molecule has 1 aromatic heterocycles. The summed E-state index contributed by atoms with van der Waals surface area (Å²) >= 11 is 6.15. The maximum Gasteiger partial charge on any atom is 0.256 e. The molecule has 2 aromatic carbocycles. The van der Waals surface area contributed by atoms with Gasteiger partial charge in [0.2, 0.25) is 5.91 Å². The van der Waals surface area contributed by atoms with Crippen LogP contribution in [0.2, 0.25) is 5.02 Å². The highest BCUT2D eigenvalue weighted by Gasteiger charge is 2.24. The topological polar surface area (TPSA) is 85.1 Å². The quantitative estimate of drug-likeness (QED) is 0.741. The molecule has 0 saturated carbocycles. The van der Waals surface area contributed by atoms with E-state index in [2.05, 4.69) is 10.3 Å². The second kappa shape index (κ2) is 6.42. The maximum absolute atomic E-state index is 13.0. The van der Waals surface area contributed by atoms with Gasteiger partial charge in [-0.1, -0.05) is 11.6 Å². The Balaban J connectivity index is 1.76. The van der Waals surface area contributed by atoms with E-state index in [0.29, 0.717) is 21.8 Å². The first-order chi connectivity index (χ1) is 12.5. The number of carbonyl (C=O) groups excluding carboxylic acids is 2. The van der Waals surface area contributed by atoms with E-state index in [9.17, 15) is 9.59 Å². The molecule has 0 radical (unpaired) electrons. The zero-order valence-electron chi connectivity index (χ0n) is 13.9. The highest BCUT2D eigenvalue weighted by atomic mass is 35.5. The molecule has 1 heterocycles. The molecule has 2 amide bonds. The molecule has 0 aliphatic heterocycles. The molecule has 0 fully saturated rings. The number of nitrogens with zero attached hydrogens (tertiary/aromatic N) is 1. The minimum Gasteiger partial charge on any atom is -0.366 e. The van der Waals surface area contributed by atoms with E-state index in [1.54, 1.807) is 36.4 Å². The molecule has 1 aliphatic carbocycles. The second-order valence-corrected chi connectivity index (χ2v) is 6.76. The monoisotopic (exact) mass is 365 g/mol. The molecular formula is C20H16ClN3O2. The maximum atomic E-state index is 13.0. The third-order valence-corrected chi connectivity index (χ3v) is 4.86. The number of amides is 2. The first-order valence-electron chi connectivity index (χ1n) is 8.35. The normalized spacial score (nSPS) is 12.8. The summed E-state index contributed by atoms with van der Waals surface area (Å²) in [5, 5.41) is 4.22. The number of hydrogen-bond acceptors (Lipinski definition) is 3. The molecule has 6 heteroatoms. The number of anilines is 1. The number of aromatic nitrogens is 1. The molecule has 26 heavy (non-hydrogen) atoms. The summed E-state index contributed by atoms with van der Waals surface area (Å²) in [4.78, 5) is 28.9. The third-order valence-electron chi connectivity index (χ3n) is 4.63. The molecular weight excluding hydrogens is 350 g/mol. The van der Waals surface area contributed by atoms with Gasteiger partial charge in [0.1, 0.15) is 0 Å². The average Bonchev–Trinajstić information content (AvgIpc) is 3.08. The number of benzene rings is 2. The van der Waals surface area contributed by atoms with Crippen LogP contribution in [0.5, 0.6) is 0 Å². The van der Waals surface area contributed by atoms with Crippen molar-refractivity contribution in [1.29, 1.82) is 0 Å². The van der Waals surface area contributed by atoms with E-state index in [1.807, 2.05) is 6.07 Å². The molecule has 0 unspecified atom stereocenters. The van der Waals surface area contributed by atoms with E-state index in [4.69, 9.17) is 17.3 Å². The Kier molecular flexibility index (Phi) is 4.09. The number of halogens is 1. The van der Waals surface area contributed by atoms with Gasteiger partial charge in [-0.3, -0.25) is 14.6 Å². The Morgan fingerprint density at radius 3 is 2.58 bits per heavy atom. The van der Waals surface area contributed by atoms with Crippen molar-refractivity contribution in [2.75, 3.05) is 5.32 Å². The van der Waals surface area contributed by atoms with Gasteiger partial charge >= 0.3 is 0 Å². The second-order valence-electron chi connectivity index (χ2n) is 6.32. The van der Waals surface area contributed by atoms with Gasteiger partial charge in [-0.2, -0.15) is 0 Å². The number of rotatable bonds is 3. The summed E-state index contributed by atoms with van der Waals surface area (Å²) in [6.45, 7) is 0. The van der Waals surface area contributed by atoms with E-state index in [1.165, 1.54) is 0 Å². The first kappa shape index (κ1) is 16.5. The predicted molar refractivity (Wildman–Crippen MR) is 102 cm³/mol. The largest absolute Gasteiger partial charge is 0.366 e. The molecule has 3 N–H and O–H groups in total. The fourth-order valence-corrected chi connectivity index (χ4v) is 3.58. The van der Waals surface area contributed by atoms with Crippen molar-refractivity contribution < 1.29 is 9.59 Å². The lowest BCUT2D eigenvalue weighted by atomic mass is 10.0. The molecule has 130 valence electrons. The standard InChI is InChI=1S/C20H16ClN3O2/c21-12-6-9-17-15(10-12)18(14-2-1-3-16(14)24-17)20(26)23-13-7-4-11(5-8-13)19(22)25/h4-10H,1-3H2,(H2,22,25)(H,23,26). The van der Waals surface area contributed by atoms with Crippen LogP contribution < -0.4 is 11.1 Å². The van der Waals surface area contributed by atoms with Crippen molar-refractivity contribution >= 4 is 40.0 Å². The van der Waals surface area contributed by atoms with Crippen molar-refractivity contribution in [2.24, 2.45) is 5.73 Å². The van der Waals surface area contributed by atoms with Crippen LogP contribution in [0.4, 0.5) is 5.69 Å². The summed E-state index contributed by atoms with van der Waals surface area (Å²) in [5.74, 6) is -0.708. The number of primary amides is 1. The van der Waals surface area contributed by atoms with Crippen molar-refractivity contribution in [3.8, 4) is 0 Å². The van der Waals surface area contributed by atoms with Gasteiger partial charge in [-0.25, -0.2) is 0 Å². The number of nitrogens with one attached hydrogen (secondary N) is 1. The molecule has 0 saturated heterocycles. The summed E-state index contributed by atoms with van der Waals surface area (Å²) < 4.78 is 0. The van der Waals surface area contributed by atoms with Crippen molar-refractivity contribution in [3.63, 3.8) is 0 Å². The van der Waals surface area contributed by atoms with Gasteiger partial charge in [0.05, 0.1) is 11.1 Å². The molecule has 0 spiro atoms. The molecule has 1 aliphatic rings. The average molecular weight is 366 g/mol. The number of hydrogen-bond donors (Lipinski definition) is 2. The van der Waals surface area contributed by atoms with Crippen LogP contribution >= 0.6 is 11.6 Å². The molecule has 4 rings (SSSR count).